The van der Waals surface area contributed by atoms with E-state index in [-0.39, 0.29) is 11.8 Å². The van der Waals surface area contributed by atoms with E-state index in [1.54, 1.807) is 0 Å². The number of carboxylic acid groups (broad SMARTS) is 1. The molecule has 19 heavy (non-hydrogen) atoms. The largest absolute Gasteiger partial charge is 0.481 e. The Morgan fingerprint density at radius 3 is 2.74 bits per heavy atom. The summed E-state index contributed by atoms with van der Waals surface area (Å²) in [6.07, 6.45) is 2.07. The van der Waals surface area contributed by atoms with Gasteiger partial charge in [0.1, 0.15) is 0 Å². The van der Waals surface area contributed by atoms with Crippen molar-refractivity contribution < 1.29 is 14.4 Å². The maximum absolute atomic E-state index is 10.9. The van der Waals surface area contributed by atoms with Crippen molar-refractivity contribution in [3.63, 3.8) is 0 Å². The van der Waals surface area contributed by atoms with E-state index in [0.717, 1.165) is 12.0 Å². The van der Waals surface area contributed by atoms with Gasteiger partial charge in [-0.3, -0.25) is 4.79 Å². The highest BCUT2D eigenvalue weighted by Gasteiger charge is 2.33. The highest BCUT2D eigenvalue weighted by molar-refractivity contribution is 5.70. The molecule has 1 fully saturated rings. The topological polar surface area (TPSA) is 76.2 Å². The number of hydrogen-bond donors (Lipinski definition) is 1. The average Bonchev–Trinajstić information content (AvgIpc) is 3.09. The molecule has 0 bridgehead atoms. The fourth-order valence-electron chi connectivity index (χ4n) is 2.54. The third kappa shape index (κ3) is 2.36. The van der Waals surface area contributed by atoms with Crippen LogP contribution in [0, 0.1) is 5.92 Å². The molecule has 1 aromatic carbocycles. The molecule has 0 amide bonds. The molecule has 1 aliphatic rings. The molecule has 1 N–H and O–H groups in total. The van der Waals surface area contributed by atoms with Crippen molar-refractivity contribution in [2.24, 2.45) is 5.92 Å². The number of carbonyl (C=O) groups is 1. The molecule has 0 spiro atoms. The number of aliphatic carboxylic acids is 1. The lowest BCUT2D eigenvalue weighted by atomic mass is 10.1. The summed E-state index contributed by atoms with van der Waals surface area (Å²) >= 11 is 0. The van der Waals surface area contributed by atoms with E-state index in [9.17, 15) is 4.79 Å². The first kappa shape index (κ1) is 11.9. The molecule has 0 radical (unpaired) electrons. The molecule has 0 aliphatic heterocycles. The zero-order chi connectivity index (χ0) is 13.2. The Kier molecular flexibility index (Phi) is 3.03. The predicted molar refractivity (Wildman–Crippen MR) is 67.5 cm³/mol. The quantitative estimate of drug-likeness (QED) is 0.915. The van der Waals surface area contributed by atoms with Gasteiger partial charge in [-0.25, -0.2) is 0 Å². The molecule has 1 aromatic heterocycles. The standard InChI is InChI=1S/C14H14N2O3/c17-14(18)11-7-6-10(8-11)13-15-12(16-19-13)9-4-2-1-3-5-9/h1-5,10-11H,6-8H2,(H,17,18). The zero-order valence-corrected chi connectivity index (χ0v) is 10.3. The van der Waals surface area contributed by atoms with Crippen molar-refractivity contribution in [2.45, 2.75) is 25.2 Å². The maximum atomic E-state index is 10.9. The van der Waals surface area contributed by atoms with Gasteiger partial charge in [0.2, 0.25) is 11.7 Å². The number of aromatic nitrogens is 2. The van der Waals surface area contributed by atoms with Crippen LogP contribution >= 0.6 is 0 Å². The van der Waals surface area contributed by atoms with Crippen molar-refractivity contribution in [2.75, 3.05) is 0 Å². The lowest BCUT2D eigenvalue weighted by Crippen LogP contribution is -2.09. The van der Waals surface area contributed by atoms with Gasteiger partial charge in [-0.15, -0.1) is 0 Å². The van der Waals surface area contributed by atoms with Crippen molar-refractivity contribution in [1.29, 1.82) is 0 Å². The molecule has 3 rings (SSSR count). The van der Waals surface area contributed by atoms with Gasteiger partial charge >= 0.3 is 5.97 Å². The van der Waals surface area contributed by atoms with Crippen LogP contribution in [0.25, 0.3) is 11.4 Å². The van der Waals surface area contributed by atoms with Crippen molar-refractivity contribution >= 4 is 5.97 Å². The second-order valence-electron chi connectivity index (χ2n) is 4.87. The second-order valence-corrected chi connectivity index (χ2v) is 4.87. The lowest BCUT2D eigenvalue weighted by Gasteiger charge is -2.02. The van der Waals surface area contributed by atoms with E-state index < -0.39 is 5.97 Å². The number of nitrogens with zero attached hydrogens (tertiary/aromatic N) is 2. The van der Waals surface area contributed by atoms with E-state index in [1.165, 1.54) is 0 Å². The Balaban J connectivity index is 1.78. The van der Waals surface area contributed by atoms with E-state index >= 15 is 0 Å². The molecule has 0 saturated heterocycles. The summed E-state index contributed by atoms with van der Waals surface area (Å²) in [5.41, 5.74) is 0.908. The third-order valence-electron chi connectivity index (χ3n) is 3.60. The predicted octanol–water partition coefficient (Wildman–Crippen LogP) is 2.70. The van der Waals surface area contributed by atoms with Crippen LogP contribution in [0.4, 0.5) is 0 Å². The number of rotatable bonds is 3. The molecule has 5 heteroatoms. The molecule has 2 aromatic rings. The zero-order valence-electron chi connectivity index (χ0n) is 10.3. The Hall–Kier alpha value is -2.17. The number of benzene rings is 1. The van der Waals surface area contributed by atoms with Crippen LogP contribution in [0.3, 0.4) is 0 Å². The highest BCUT2D eigenvalue weighted by atomic mass is 16.5. The molecular formula is C14H14N2O3. The lowest BCUT2D eigenvalue weighted by molar-refractivity contribution is -0.141. The smallest absolute Gasteiger partial charge is 0.306 e. The highest BCUT2D eigenvalue weighted by Crippen LogP contribution is 2.38. The van der Waals surface area contributed by atoms with Crippen LogP contribution in [0.2, 0.25) is 0 Å². The Morgan fingerprint density at radius 1 is 1.26 bits per heavy atom. The molecule has 1 heterocycles. The van der Waals surface area contributed by atoms with E-state index in [2.05, 4.69) is 10.1 Å². The summed E-state index contributed by atoms with van der Waals surface area (Å²) in [5, 5.41) is 13.0. The average molecular weight is 258 g/mol. The van der Waals surface area contributed by atoms with E-state index in [1.807, 2.05) is 30.3 Å². The van der Waals surface area contributed by atoms with Gasteiger partial charge < -0.3 is 9.63 Å². The molecule has 1 aliphatic carbocycles. The summed E-state index contributed by atoms with van der Waals surface area (Å²) in [7, 11) is 0. The van der Waals surface area contributed by atoms with Gasteiger partial charge in [0, 0.05) is 11.5 Å². The summed E-state index contributed by atoms with van der Waals surface area (Å²) in [5.74, 6) is 0.186. The summed E-state index contributed by atoms with van der Waals surface area (Å²) in [6, 6.07) is 9.61. The van der Waals surface area contributed by atoms with Gasteiger partial charge in [0.25, 0.3) is 0 Å². The minimum absolute atomic E-state index is 0.0751. The third-order valence-corrected chi connectivity index (χ3v) is 3.60. The summed E-state index contributed by atoms with van der Waals surface area (Å²) < 4.78 is 5.28. The fourth-order valence-corrected chi connectivity index (χ4v) is 2.54. The van der Waals surface area contributed by atoms with Gasteiger partial charge in [-0.2, -0.15) is 4.98 Å². The summed E-state index contributed by atoms with van der Waals surface area (Å²) in [6.45, 7) is 0. The van der Waals surface area contributed by atoms with E-state index in [0.29, 0.717) is 24.6 Å². The normalized spacial score (nSPS) is 22.5. The van der Waals surface area contributed by atoms with Crippen LogP contribution in [-0.4, -0.2) is 21.2 Å². The van der Waals surface area contributed by atoms with Gasteiger partial charge in [0.05, 0.1) is 5.92 Å². The number of hydrogen-bond acceptors (Lipinski definition) is 4. The first-order valence-electron chi connectivity index (χ1n) is 6.36. The van der Waals surface area contributed by atoms with Crippen LogP contribution in [0.5, 0.6) is 0 Å². The van der Waals surface area contributed by atoms with Crippen LogP contribution in [0.15, 0.2) is 34.9 Å². The van der Waals surface area contributed by atoms with Crippen molar-refractivity contribution in [1.82, 2.24) is 10.1 Å². The van der Waals surface area contributed by atoms with Crippen LogP contribution < -0.4 is 0 Å². The van der Waals surface area contributed by atoms with Gasteiger partial charge in [0.15, 0.2) is 0 Å². The van der Waals surface area contributed by atoms with Gasteiger partial charge in [-0.05, 0) is 19.3 Å². The summed E-state index contributed by atoms with van der Waals surface area (Å²) in [4.78, 5) is 15.3. The van der Waals surface area contributed by atoms with Crippen LogP contribution in [-0.2, 0) is 4.79 Å². The minimum Gasteiger partial charge on any atom is -0.481 e. The van der Waals surface area contributed by atoms with Crippen molar-refractivity contribution in [3.8, 4) is 11.4 Å². The van der Waals surface area contributed by atoms with Crippen LogP contribution in [0.1, 0.15) is 31.1 Å². The molecule has 2 atom stereocenters. The first-order valence-corrected chi connectivity index (χ1v) is 6.36. The van der Waals surface area contributed by atoms with E-state index in [4.69, 9.17) is 9.63 Å². The van der Waals surface area contributed by atoms with Gasteiger partial charge in [-0.1, -0.05) is 35.5 Å². The Labute approximate surface area is 110 Å². The minimum atomic E-state index is -0.731. The van der Waals surface area contributed by atoms with Crippen molar-refractivity contribution in [3.05, 3.63) is 36.2 Å². The maximum Gasteiger partial charge on any atom is 0.306 e. The Morgan fingerprint density at radius 2 is 2.05 bits per heavy atom. The molecule has 1 saturated carbocycles. The molecule has 2 unspecified atom stereocenters. The first-order chi connectivity index (χ1) is 9.24. The fraction of sp³-hybridized carbons (Fsp3) is 0.357. The molecular weight excluding hydrogens is 244 g/mol. The molecule has 5 nitrogen and oxygen atoms in total. The SMILES string of the molecule is O=C(O)C1CCC(c2nc(-c3ccccc3)no2)C1. The second kappa shape index (κ2) is 4.84. The Bertz CT molecular complexity index is 579. The molecule has 98 valence electrons. The monoisotopic (exact) mass is 258 g/mol. The number of carboxylic acids is 1.